The van der Waals surface area contributed by atoms with Gasteiger partial charge in [0.05, 0.1) is 11.4 Å². The molecule has 0 atom stereocenters. The van der Waals surface area contributed by atoms with Gasteiger partial charge in [-0.25, -0.2) is 0 Å². The molecule has 0 aliphatic carbocycles. The zero-order chi connectivity index (χ0) is 15.4. The predicted molar refractivity (Wildman–Crippen MR) is 89.9 cm³/mol. The first kappa shape index (κ1) is 17.2. The third-order valence-electron chi connectivity index (χ3n) is 3.42. The summed E-state index contributed by atoms with van der Waals surface area (Å²) in [7, 11) is 0. The summed E-state index contributed by atoms with van der Waals surface area (Å²) >= 11 is 0. The van der Waals surface area contributed by atoms with Crippen LogP contribution in [0.1, 0.15) is 22.5 Å². The van der Waals surface area contributed by atoms with Crippen molar-refractivity contribution >= 4 is 23.8 Å². The first-order valence-electron chi connectivity index (χ1n) is 7.07. The molecular formula is C18H16N4Pt. The molecule has 0 unspecified atom stereocenters. The van der Waals surface area contributed by atoms with Crippen LogP contribution in [0.3, 0.4) is 0 Å². The van der Waals surface area contributed by atoms with Crippen LogP contribution in [-0.4, -0.2) is 12.4 Å². The number of hydrogen-bond acceptors (Lipinski definition) is 2. The Morgan fingerprint density at radius 2 is 1.22 bits per heavy atom. The van der Waals surface area contributed by atoms with Crippen LogP contribution in [0.15, 0.2) is 58.8 Å². The van der Waals surface area contributed by atoms with Gasteiger partial charge >= 0.3 is 21.1 Å². The van der Waals surface area contributed by atoms with Gasteiger partial charge in [-0.15, -0.1) is 11.4 Å². The van der Waals surface area contributed by atoms with E-state index in [9.17, 15) is 0 Å². The van der Waals surface area contributed by atoms with Crippen molar-refractivity contribution in [2.24, 2.45) is 9.98 Å². The molecule has 0 radical (unpaired) electrons. The van der Waals surface area contributed by atoms with Crippen LogP contribution in [-0.2, 0) is 21.1 Å². The van der Waals surface area contributed by atoms with Crippen molar-refractivity contribution in [1.29, 1.82) is 0 Å². The van der Waals surface area contributed by atoms with Crippen LogP contribution in [0.5, 0.6) is 0 Å². The van der Waals surface area contributed by atoms with Crippen molar-refractivity contribution in [3.63, 3.8) is 0 Å². The zero-order valence-electron chi connectivity index (χ0n) is 12.9. The quantitative estimate of drug-likeness (QED) is 0.532. The molecule has 2 heterocycles. The van der Waals surface area contributed by atoms with Gasteiger partial charge in [0.1, 0.15) is 0 Å². The molecule has 5 heteroatoms. The van der Waals surface area contributed by atoms with Crippen molar-refractivity contribution in [3.8, 4) is 0 Å². The summed E-state index contributed by atoms with van der Waals surface area (Å²) in [5.74, 6) is 0. The molecule has 0 N–H and O–H groups in total. The topological polar surface area (TPSA) is 52.9 Å². The van der Waals surface area contributed by atoms with E-state index in [1.807, 2.05) is 36.4 Å². The zero-order valence-corrected chi connectivity index (χ0v) is 15.2. The van der Waals surface area contributed by atoms with E-state index in [1.54, 1.807) is 24.8 Å². The van der Waals surface area contributed by atoms with Gasteiger partial charge in [0, 0.05) is 12.4 Å². The summed E-state index contributed by atoms with van der Waals surface area (Å²) in [6, 6.07) is 11.7. The van der Waals surface area contributed by atoms with E-state index in [2.05, 4.69) is 33.8 Å². The Morgan fingerprint density at radius 3 is 1.57 bits per heavy atom. The number of aliphatic imine (C=N–C) groups is 2. The number of aromatic nitrogens is 2. The third kappa shape index (κ3) is 4.39. The third-order valence-corrected chi connectivity index (χ3v) is 3.42. The number of aryl methyl sites for hydroxylation is 2. The van der Waals surface area contributed by atoms with E-state index in [1.165, 1.54) is 11.1 Å². The van der Waals surface area contributed by atoms with Crippen molar-refractivity contribution in [3.05, 3.63) is 71.3 Å². The molecule has 0 bridgehead atoms. The van der Waals surface area contributed by atoms with E-state index in [4.69, 9.17) is 0 Å². The van der Waals surface area contributed by atoms with E-state index < -0.39 is 0 Å². The Hall–Kier alpha value is -2.19. The molecule has 4 nitrogen and oxygen atoms in total. The molecule has 0 fully saturated rings. The molecule has 23 heavy (non-hydrogen) atoms. The van der Waals surface area contributed by atoms with Gasteiger partial charge in [-0.3, -0.25) is 9.98 Å². The standard InChI is InChI=1S/C18H16N4.Pt/c1-13-9-17(21-11-15-5-3-7-19-15)18(10-14(13)2)22-12-16-6-4-8-20-16;/h3-12H,1-2H3;/q-2;+2. The maximum Gasteiger partial charge on any atom is 2.00 e. The van der Waals surface area contributed by atoms with Gasteiger partial charge in [0.15, 0.2) is 0 Å². The minimum atomic E-state index is 0. The average molecular weight is 483 g/mol. The summed E-state index contributed by atoms with van der Waals surface area (Å²) < 4.78 is 0. The molecule has 0 aliphatic heterocycles. The summed E-state index contributed by atoms with van der Waals surface area (Å²) in [5, 5.41) is 0. The van der Waals surface area contributed by atoms with Gasteiger partial charge in [0.2, 0.25) is 0 Å². The van der Waals surface area contributed by atoms with E-state index in [0.29, 0.717) is 0 Å². The van der Waals surface area contributed by atoms with Crippen molar-refractivity contribution in [2.45, 2.75) is 13.8 Å². The summed E-state index contributed by atoms with van der Waals surface area (Å²) in [6.45, 7) is 4.14. The Bertz CT molecular complexity index is 731. The Balaban J connectivity index is 0.00000192. The number of nitrogens with zero attached hydrogens (tertiary/aromatic N) is 4. The van der Waals surface area contributed by atoms with Crippen LogP contribution < -0.4 is 9.97 Å². The predicted octanol–water partition coefficient (Wildman–Crippen LogP) is 3.72. The maximum atomic E-state index is 4.53. The Labute approximate surface area is 150 Å². The molecule has 0 aliphatic rings. The molecule has 0 saturated carbocycles. The smallest absolute Gasteiger partial charge is 0.663 e. The normalized spacial score (nSPS) is 11.2. The minimum absolute atomic E-state index is 0. The van der Waals surface area contributed by atoms with Crippen molar-refractivity contribution in [1.82, 2.24) is 9.97 Å². The number of rotatable bonds is 4. The minimum Gasteiger partial charge on any atom is -0.663 e. The van der Waals surface area contributed by atoms with E-state index >= 15 is 0 Å². The summed E-state index contributed by atoms with van der Waals surface area (Å²) in [5.41, 5.74) is 5.71. The fourth-order valence-electron chi connectivity index (χ4n) is 2.04. The number of hydrogen-bond donors (Lipinski definition) is 0. The Kier molecular flexibility index (Phi) is 5.89. The molecule has 0 saturated heterocycles. The molecule has 1 aromatic carbocycles. The van der Waals surface area contributed by atoms with Crippen LogP contribution in [0.25, 0.3) is 0 Å². The summed E-state index contributed by atoms with van der Waals surface area (Å²) in [6.07, 6.45) is 7.01. The van der Waals surface area contributed by atoms with Crippen LogP contribution in [0, 0.1) is 13.8 Å². The molecule has 3 aromatic rings. The average Bonchev–Trinajstić information content (AvgIpc) is 3.19. The first-order chi connectivity index (χ1) is 10.7. The largest absolute Gasteiger partial charge is 2.00 e. The SMILES string of the molecule is Cc1cc(N=Cc2ccc[n-]2)c(N=Cc2ccc[n-]2)cc1C.[Pt+2]. The Morgan fingerprint density at radius 1 is 0.783 bits per heavy atom. The molecule has 0 spiro atoms. The van der Waals surface area contributed by atoms with Crippen molar-refractivity contribution < 1.29 is 21.1 Å². The second-order valence-electron chi connectivity index (χ2n) is 5.07. The first-order valence-corrected chi connectivity index (χ1v) is 7.07. The van der Waals surface area contributed by atoms with E-state index in [0.717, 1.165) is 22.8 Å². The van der Waals surface area contributed by atoms with Gasteiger partial charge < -0.3 is 9.97 Å². The molecular weight excluding hydrogens is 467 g/mol. The molecule has 2 aromatic heterocycles. The second kappa shape index (κ2) is 7.89. The van der Waals surface area contributed by atoms with Gasteiger partial charge in [-0.05, 0) is 37.1 Å². The van der Waals surface area contributed by atoms with Gasteiger partial charge in [-0.2, -0.15) is 12.4 Å². The monoisotopic (exact) mass is 483 g/mol. The van der Waals surface area contributed by atoms with Gasteiger partial charge in [0.25, 0.3) is 0 Å². The van der Waals surface area contributed by atoms with Crippen LogP contribution in [0.4, 0.5) is 11.4 Å². The molecule has 0 amide bonds. The fraction of sp³-hybridized carbons (Fsp3) is 0.111. The van der Waals surface area contributed by atoms with Crippen molar-refractivity contribution in [2.75, 3.05) is 0 Å². The number of benzene rings is 1. The maximum absolute atomic E-state index is 4.53. The van der Waals surface area contributed by atoms with E-state index in [-0.39, 0.29) is 21.1 Å². The van der Waals surface area contributed by atoms with Gasteiger partial charge in [-0.1, -0.05) is 24.3 Å². The molecule has 3 rings (SSSR count). The fourth-order valence-corrected chi connectivity index (χ4v) is 2.04. The van der Waals surface area contributed by atoms with Crippen LogP contribution in [0.2, 0.25) is 0 Å². The molecule has 118 valence electrons. The second-order valence-corrected chi connectivity index (χ2v) is 5.07. The van der Waals surface area contributed by atoms with Crippen LogP contribution >= 0.6 is 0 Å². The summed E-state index contributed by atoms with van der Waals surface area (Å²) in [4.78, 5) is 17.4.